The highest BCUT2D eigenvalue weighted by Crippen LogP contribution is 2.54. The molecule has 3 fully saturated rings. The molecule has 1 aliphatic carbocycles. The van der Waals surface area contributed by atoms with E-state index in [1.54, 1.807) is 19.1 Å². The van der Waals surface area contributed by atoms with E-state index in [1.165, 1.54) is 36.6 Å². The van der Waals surface area contributed by atoms with E-state index in [4.69, 9.17) is 4.98 Å². The van der Waals surface area contributed by atoms with Crippen molar-refractivity contribution in [1.82, 2.24) is 4.98 Å². The predicted molar refractivity (Wildman–Crippen MR) is 164 cm³/mol. The van der Waals surface area contributed by atoms with Crippen LogP contribution >= 0.6 is 23.7 Å². The number of carbonyl (C=O) groups excluding carboxylic acids is 1. The van der Waals surface area contributed by atoms with Gasteiger partial charge in [-0.15, -0.1) is 11.8 Å². The summed E-state index contributed by atoms with van der Waals surface area (Å²) in [5.41, 5.74) is 2.59. The molecule has 8 nitrogen and oxygen atoms in total. The van der Waals surface area contributed by atoms with Gasteiger partial charge in [-0.25, -0.2) is 13.8 Å². The van der Waals surface area contributed by atoms with Crippen LogP contribution in [0.5, 0.6) is 0 Å². The Hall–Kier alpha value is -2.28. The number of piperidine rings is 2. The van der Waals surface area contributed by atoms with Crippen LogP contribution in [-0.4, -0.2) is 77.4 Å². The number of aliphatic hydroxyl groups excluding tert-OH is 2. The number of halogens is 2. The van der Waals surface area contributed by atoms with Crippen molar-refractivity contribution in [2.24, 2.45) is 5.41 Å². The van der Waals surface area contributed by atoms with E-state index in [1.807, 2.05) is 29.4 Å². The van der Waals surface area contributed by atoms with Crippen LogP contribution in [0.2, 0.25) is 0 Å². The third-order valence-electron chi connectivity index (χ3n) is 8.54. The van der Waals surface area contributed by atoms with Crippen molar-refractivity contribution in [3.63, 3.8) is 0 Å². The van der Waals surface area contributed by atoms with Crippen LogP contribution in [0.4, 0.5) is 31.8 Å². The summed E-state index contributed by atoms with van der Waals surface area (Å²) in [6, 6.07) is 9.18. The van der Waals surface area contributed by atoms with Gasteiger partial charge in [-0.3, -0.25) is 4.79 Å². The number of alkyl halides is 2. The summed E-state index contributed by atoms with van der Waals surface area (Å²) in [4.78, 5) is 23.4. The predicted octanol–water partition coefficient (Wildman–Crippen LogP) is 5.48. The van der Waals surface area contributed by atoms with Crippen molar-refractivity contribution >= 4 is 52.6 Å². The lowest BCUT2D eigenvalue weighted by Gasteiger charge is -2.35. The second-order valence-corrected chi connectivity index (χ2v) is 14.0. The van der Waals surface area contributed by atoms with Crippen molar-refractivity contribution in [3.8, 4) is 0 Å². The average Bonchev–Trinajstić information content (AvgIpc) is 3.74. The molecule has 1 amide bonds. The molecule has 0 atom stereocenters. The highest BCUT2D eigenvalue weighted by Gasteiger charge is 2.44. The molecule has 1 saturated carbocycles. The smallest absolute Gasteiger partial charge is 0.258 e. The Kier molecular flexibility index (Phi) is 8.94. The van der Waals surface area contributed by atoms with E-state index in [2.05, 4.69) is 14.9 Å². The SMILES string of the molecule is CSc1ccc(NC(=O)c2ccc(NSC(C)(CO)CO)cc2N2CCC3(CC2)CC3)nc1N1CCC(F)(F)CC1. The van der Waals surface area contributed by atoms with Gasteiger partial charge in [0.1, 0.15) is 11.6 Å². The number of pyridine rings is 1. The van der Waals surface area contributed by atoms with Crippen LogP contribution in [0.3, 0.4) is 0 Å². The number of anilines is 4. The number of rotatable bonds is 10. The van der Waals surface area contributed by atoms with Gasteiger partial charge in [0.15, 0.2) is 0 Å². The molecule has 3 aliphatic rings. The summed E-state index contributed by atoms with van der Waals surface area (Å²) in [7, 11) is 0. The van der Waals surface area contributed by atoms with Crippen LogP contribution in [-0.2, 0) is 0 Å². The fourth-order valence-corrected chi connectivity index (χ4v) is 6.55. The van der Waals surface area contributed by atoms with Gasteiger partial charge in [-0.2, -0.15) is 0 Å². The van der Waals surface area contributed by atoms with Crippen LogP contribution in [0.1, 0.15) is 55.8 Å². The Morgan fingerprint density at radius 1 is 1.00 bits per heavy atom. The average molecular weight is 608 g/mol. The molecule has 5 rings (SSSR count). The molecule has 4 N–H and O–H groups in total. The van der Waals surface area contributed by atoms with Crippen molar-refractivity contribution in [2.75, 3.05) is 65.5 Å². The van der Waals surface area contributed by atoms with Gasteiger partial charge in [-0.05, 0) is 86.6 Å². The van der Waals surface area contributed by atoms with E-state index in [-0.39, 0.29) is 45.1 Å². The zero-order valence-corrected chi connectivity index (χ0v) is 25.2. The first-order valence-electron chi connectivity index (χ1n) is 14.1. The van der Waals surface area contributed by atoms with Crippen LogP contribution in [0, 0.1) is 5.41 Å². The molecular weight excluding hydrogens is 568 g/mol. The first-order chi connectivity index (χ1) is 19.6. The maximum Gasteiger partial charge on any atom is 0.258 e. The number of nitrogens with zero attached hydrogens (tertiary/aromatic N) is 3. The monoisotopic (exact) mass is 607 g/mol. The summed E-state index contributed by atoms with van der Waals surface area (Å²) in [6.45, 7) is 3.55. The van der Waals surface area contributed by atoms with Gasteiger partial charge in [0.2, 0.25) is 0 Å². The molecule has 2 aromatic rings. The van der Waals surface area contributed by atoms with Gasteiger partial charge in [-0.1, -0.05) is 0 Å². The lowest BCUT2D eigenvalue weighted by atomic mass is 9.93. The van der Waals surface area contributed by atoms with E-state index >= 15 is 0 Å². The fourth-order valence-electron chi connectivity index (χ4n) is 5.36. The highest BCUT2D eigenvalue weighted by molar-refractivity contribution is 8.02. The minimum absolute atomic E-state index is 0.188. The molecule has 41 heavy (non-hydrogen) atoms. The Balaban J connectivity index is 1.37. The molecular formula is C29H39F2N5O3S2. The number of carbonyl (C=O) groups is 1. The summed E-state index contributed by atoms with van der Waals surface area (Å²) in [6.07, 6.45) is 6.25. The topological polar surface area (TPSA) is 101 Å². The van der Waals surface area contributed by atoms with Crippen molar-refractivity contribution in [1.29, 1.82) is 0 Å². The standard InChI is InChI=1S/C29H39F2N5O3S2/c1-27(18-37,19-38)41-34-20-3-4-21(22(17-20)35-13-9-28(7-8-28)10-14-35)26(39)33-24-6-5-23(40-2)25(32-24)36-15-11-29(30,31)12-16-36/h3-6,17,34,37-38H,7-16,18-19H2,1-2H3,(H,32,33,39). The third-order valence-corrected chi connectivity index (χ3v) is 10.4. The maximum atomic E-state index is 13.8. The minimum atomic E-state index is -2.65. The summed E-state index contributed by atoms with van der Waals surface area (Å²) >= 11 is 2.74. The van der Waals surface area contributed by atoms with Gasteiger partial charge < -0.3 is 30.1 Å². The molecule has 2 saturated heterocycles. The second kappa shape index (κ2) is 12.1. The fraction of sp³-hybridized carbons (Fsp3) is 0.586. The largest absolute Gasteiger partial charge is 0.395 e. The minimum Gasteiger partial charge on any atom is -0.395 e. The molecule has 1 aromatic carbocycles. The summed E-state index contributed by atoms with van der Waals surface area (Å²) in [5, 5.41) is 22.3. The molecule has 3 heterocycles. The molecule has 12 heteroatoms. The molecule has 1 spiro atoms. The van der Waals surface area contributed by atoms with E-state index < -0.39 is 10.7 Å². The maximum absolute atomic E-state index is 13.8. The first kappa shape index (κ1) is 30.2. The third kappa shape index (κ3) is 7.03. The molecule has 0 unspecified atom stereocenters. The molecule has 1 aromatic heterocycles. The number of aromatic nitrogens is 1. The van der Waals surface area contributed by atoms with Crippen molar-refractivity contribution in [2.45, 2.75) is 61.0 Å². The van der Waals surface area contributed by atoms with Crippen molar-refractivity contribution in [3.05, 3.63) is 35.9 Å². The van der Waals surface area contributed by atoms with E-state index in [0.717, 1.165) is 42.2 Å². The number of amides is 1. The number of hydrogen-bond acceptors (Lipinski definition) is 9. The van der Waals surface area contributed by atoms with Crippen LogP contribution < -0.4 is 19.8 Å². The highest BCUT2D eigenvalue weighted by atomic mass is 32.2. The summed E-state index contributed by atoms with van der Waals surface area (Å²) < 4.78 is 30.0. The lowest BCUT2D eigenvalue weighted by Crippen LogP contribution is -2.40. The molecule has 2 aliphatic heterocycles. The van der Waals surface area contributed by atoms with E-state index in [9.17, 15) is 23.8 Å². The second-order valence-electron chi connectivity index (χ2n) is 11.7. The normalized spacial score (nSPS) is 19.8. The zero-order chi connectivity index (χ0) is 29.3. The molecule has 0 radical (unpaired) electrons. The van der Waals surface area contributed by atoms with Gasteiger partial charge in [0.25, 0.3) is 11.8 Å². The van der Waals surface area contributed by atoms with Crippen LogP contribution in [0.25, 0.3) is 0 Å². The van der Waals surface area contributed by atoms with Crippen molar-refractivity contribution < 1.29 is 23.8 Å². The van der Waals surface area contributed by atoms with Gasteiger partial charge >= 0.3 is 0 Å². The molecule has 0 bridgehead atoms. The Bertz CT molecular complexity index is 1240. The zero-order valence-electron chi connectivity index (χ0n) is 23.6. The Morgan fingerprint density at radius 3 is 2.27 bits per heavy atom. The van der Waals surface area contributed by atoms with E-state index in [0.29, 0.717) is 22.6 Å². The quantitative estimate of drug-likeness (QED) is 0.207. The van der Waals surface area contributed by atoms with Gasteiger partial charge in [0.05, 0.1) is 29.2 Å². The van der Waals surface area contributed by atoms with Crippen LogP contribution in [0.15, 0.2) is 35.2 Å². The number of aliphatic hydroxyl groups is 2. The van der Waals surface area contributed by atoms with Gasteiger partial charge in [0, 0.05) is 49.6 Å². The number of nitrogens with one attached hydrogen (secondary N) is 2. The Morgan fingerprint density at radius 2 is 1.66 bits per heavy atom. The number of thioether (sulfide) groups is 1. The first-order valence-corrected chi connectivity index (χ1v) is 16.2. The number of benzene rings is 1. The lowest BCUT2D eigenvalue weighted by molar-refractivity contribution is -0.0222. The summed E-state index contributed by atoms with van der Waals surface area (Å²) in [5.74, 6) is -1.95. The Labute approximate surface area is 248 Å². The molecule has 224 valence electrons. The number of hydrogen-bond donors (Lipinski definition) is 4.